The van der Waals surface area contributed by atoms with Crippen LogP contribution in [0.25, 0.3) is 0 Å². The van der Waals surface area contributed by atoms with E-state index in [4.69, 9.17) is 4.74 Å². The number of methoxy groups -OCH3 is 1. The number of nitrogens with one attached hydrogen (secondary N) is 1. The molecular weight excluding hydrogens is 378 g/mol. The SMILES string of the molecule is COc1ccc(CCC(=O)N2CCN(C(=O)[C@H]3CCN[C@@H](C)C3)CC2)cc1.Cl. The first-order valence-corrected chi connectivity index (χ1v) is 9.99. The predicted molar refractivity (Wildman–Crippen MR) is 112 cm³/mol. The quantitative estimate of drug-likeness (QED) is 0.809. The Balaban J connectivity index is 0.00000280. The average molecular weight is 410 g/mol. The zero-order chi connectivity index (χ0) is 19.2. The number of carbonyl (C=O) groups is 2. The number of benzene rings is 1. The third-order valence-electron chi connectivity index (χ3n) is 5.70. The Morgan fingerprint density at radius 3 is 2.36 bits per heavy atom. The Morgan fingerprint density at radius 1 is 1.11 bits per heavy atom. The fourth-order valence-corrected chi connectivity index (χ4v) is 3.99. The van der Waals surface area contributed by atoms with Crippen molar-refractivity contribution < 1.29 is 14.3 Å². The molecule has 0 saturated carbocycles. The van der Waals surface area contributed by atoms with Gasteiger partial charge in [0.15, 0.2) is 0 Å². The van der Waals surface area contributed by atoms with E-state index in [1.165, 1.54) is 0 Å². The molecule has 3 rings (SSSR count). The Hall–Kier alpha value is -1.79. The highest BCUT2D eigenvalue weighted by molar-refractivity contribution is 5.85. The van der Waals surface area contributed by atoms with Gasteiger partial charge in [0.2, 0.25) is 11.8 Å². The van der Waals surface area contributed by atoms with Crippen LogP contribution in [0, 0.1) is 5.92 Å². The molecule has 0 aromatic heterocycles. The lowest BCUT2D eigenvalue weighted by molar-refractivity contribution is -0.142. The van der Waals surface area contributed by atoms with E-state index in [9.17, 15) is 9.59 Å². The molecule has 0 spiro atoms. The number of nitrogens with zero attached hydrogens (tertiary/aromatic N) is 2. The summed E-state index contributed by atoms with van der Waals surface area (Å²) < 4.78 is 5.16. The summed E-state index contributed by atoms with van der Waals surface area (Å²) in [6, 6.07) is 8.26. The van der Waals surface area contributed by atoms with E-state index in [0.717, 1.165) is 37.1 Å². The number of piperidine rings is 1. The first-order valence-electron chi connectivity index (χ1n) is 9.99. The maximum absolute atomic E-state index is 12.7. The number of halogens is 1. The van der Waals surface area contributed by atoms with Crippen molar-refractivity contribution in [1.29, 1.82) is 0 Å². The zero-order valence-electron chi connectivity index (χ0n) is 16.9. The molecule has 2 heterocycles. The molecule has 2 amide bonds. The molecule has 2 atom stereocenters. The number of ether oxygens (including phenoxy) is 1. The topological polar surface area (TPSA) is 61.9 Å². The van der Waals surface area contributed by atoms with E-state index in [1.54, 1.807) is 7.11 Å². The van der Waals surface area contributed by atoms with Crippen molar-refractivity contribution in [3.63, 3.8) is 0 Å². The second-order valence-electron chi connectivity index (χ2n) is 7.63. The van der Waals surface area contributed by atoms with Gasteiger partial charge in [-0.25, -0.2) is 0 Å². The lowest BCUT2D eigenvalue weighted by atomic mass is 9.92. The van der Waals surface area contributed by atoms with Crippen molar-refractivity contribution in [2.45, 2.75) is 38.6 Å². The van der Waals surface area contributed by atoms with Crippen LogP contribution in [0.4, 0.5) is 0 Å². The van der Waals surface area contributed by atoms with Crippen molar-refractivity contribution in [2.24, 2.45) is 5.92 Å². The van der Waals surface area contributed by atoms with Gasteiger partial charge in [-0.2, -0.15) is 0 Å². The Bertz CT molecular complexity index is 645. The van der Waals surface area contributed by atoms with E-state index >= 15 is 0 Å². The van der Waals surface area contributed by atoms with Crippen LogP contribution in [-0.4, -0.2) is 67.5 Å². The Morgan fingerprint density at radius 2 is 1.75 bits per heavy atom. The van der Waals surface area contributed by atoms with Crippen LogP contribution in [0.15, 0.2) is 24.3 Å². The third kappa shape index (κ3) is 5.85. The summed E-state index contributed by atoms with van der Waals surface area (Å²) in [5, 5.41) is 3.39. The minimum Gasteiger partial charge on any atom is -0.497 e. The number of hydrogen-bond acceptors (Lipinski definition) is 4. The summed E-state index contributed by atoms with van der Waals surface area (Å²) in [6.07, 6.45) is 3.07. The van der Waals surface area contributed by atoms with Crippen molar-refractivity contribution >= 4 is 24.2 Å². The van der Waals surface area contributed by atoms with Crippen LogP contribution in [0.3, 0.4) is 0 Å². The lowest BCUT2D eigenvalue weighted by Crippen LogP contribution is -2.53. The molecule has 0 aliphatic carbocycles. The maximum atomic E-state index is 12.7. The highest BCUT2D eigenvalue weighted by Crippen LogP contribution is 2.20. The summed E-state index contributed by atoms with van der Waals surface area (Å²) in [5.74, 6) is 1.41. The van der Waals surface area contributed by atoms with Gasteiger partial charge in [-0.3, -0.25) is 9.59 Å². The number of carbonyl (C=O) groups excluding carboxylic acids is 2. The molecular formula is C21H32ClN3O3. The van der Waals surface area contributed by atoms with Gasteiger partial charge in [0, 0.05) is 44.6 Å². The van der Waals surface area contributed by atoms with Gasteiger partial charge in [-0.15, -0.1) is 12.4 Å². The van der Waals surface area contributed by atoms with Crippen LogP contribution in [0.2, 0.25) is 0 Å². The standard InChI is InChI=1S/C21H31N3O3.ClH/c1-16-15-18(9-10-22-16)21(26)24-13-11-23(12-14-24)20(25)8-5-17-3-6-19(27-2)7-4-17;/h3-4,6-7,16,18,22H,5,8-15H2,1-2H3;1H/t16-,18-;/m0./s1. The maximum Gasteiger partial charge on any atom is 0.225 e. The molecule has 2 aliphatic rings. The first kappa shape index (κ1) is 22.5. The van der Waals surface area contributed by atoms with Gasteiger partial charge >= 0.3 is 0 Å². The molecule has 1 aromatic rings. The van der Waals surface area contributed by atoms with Crippen molar-refractivity contribution in [1.82, 2.24) is 15.1 Å². The van der Waals surface area contributed by atoms with E-state index in [-0.39, 0.29) is 30.1 Å². The summed E-state index contributed by atoms with van der Waals surface area (Å²) >= 11 is 0. The van der Waals surface area contributed by atoms with Crippen molar-refractivity contribution in [2.75, 3.05) is 39.8 Å². The van der Waals surface area contributed by atoms with E-state index in [1.807, 2.05) is 34.1 Å². The summed E-state index contributed by atoms with van der Waals surface area (Å²) in [5.41, 5.74) is 1.14. The van der Waals surface area contributed by atoms with E-state index in [2.05, 4.69) is 12.2 Å². The largest absolute Gasteiger partial charge is 0.497 e. The molecule has 2 fully saturated rings. The minimum atomic E-state index is 0. The molecule has 1 N–H and O–H groups in total. The molecule has 0 bridgehead atoms. The molecule has 156 valence electrons. The van der Waals surface area contributed by atoms with E-state index < -0.39 is 0 Å². The van der Waals surface area contributed by atoms with Gasteiger partial charge < -0.3 is 19.9 Å². The van der Waals surface area contributed by atoms with Crippen molar-refractivity contribution in [3.8, 4) is 5.75 Å². The smallest absolute Gasteiger partial charge is 0.225 e. The molecule has 1 aromatic carbocycles. The molecule has 28 heavy (non-hydrogen) atoms. The molecule has 7 heteroatoms. The van der Waals surface area contributed by atoms with Crippen LogP contribution < -0.4 is 10.1 Å². The second kappa shape index (κ2) is 10.7. The highest BCUT2D eigenvalue weighted by atomic mass is 35.5. The zero-order valence-corrected chi connectivity index (χ0v) is 17.7. The van der Waals surface area contributed by atoms with Crippen LogP contribution in [0.1, 0.15) is 31.7 Å². The fourth-order valence-electron chi connectivity index (χ4n) is 3.99. The number of aryl methyl sites for hydroxylation is 1. The molecule has 6 nitrogen and oxygen atoms in total. The number of rotatable bonds is 5. The molecule has 2 aliphatic heterocycles. The first-order chi connectivity index (χ1) is 13.1. The monoisotopic (exact) mass is 409 g/mol. The van der Waals surface area contributed by atoms with Crippen LogP contribution in [-0.2, 0) is 16.0 Å². The van der Waals surface area contributed by atoms with Crippen molar-refractivity contribution in [3.05, 3.63) is 29.8 Å². The van der Waals surface area contributed by atoms with Gasteiger partial charge in [-0.05, 0) is 50.4 Å². The van der Waals surface area contributed by atoms with Gasteiger partial charge in [-0.1, -0.05) is 12.1 Å². The van der Waals surface area contributed by atoms with Gasteiger partial charge in [0.05, 0.1) is 7.11 Å². The minimum absolute atomic E-state index is 0. The number of hydrogen-bond donors (Lipinski definition) is 1. The van der Waals surface area contributed by atoms with Gasteiger partial charge in [0.1, 0.15) is 5.75 Å². The van der Waals surface area contributed by atoms with Crippen LogP contribution in [0.5, 0.6) is 5.75 Å². The molecule has 2 saturated heterocycles. The number of piperazine rings is 1. The summed E-state index contributed by atoms with van der Waals surface area (Å²) in [7, 11) is 1.65. The van der Waals surface area contributed by atoms with E-state index in [0.29, 0.717) is 38.6 Å². The Labute approximate surface area is 174 Å². The highest BCUT2D eigenvalue weighted by Gasteiger charge is 2.31. The predicted octanol–water partition coefficient (Wildman–Crippen LogP) is 2.11. The molecule has 0 unspecified atom stereocenters. The summed E-state index contributed by atoms with van der Waals surface area (Å²) in [4.78, 5) is 29.1. The second-order valence-corrected chi connectivity index (χ2v) is 7.63. The fraction of sp³-hybridized carbons (Fsp3) is 0.619. The summed E-state index contributed by atoms with van der Waals surface area (Å²) in [6.45, 7) is 5.67. The third-order valence-corrected chi connectivity index (χ3v) is 5.70. The molecule has 0 radical (unpaired) electrons. The van der Waals surface area contributed by atoms with Crippen LogP contribution >= 0.6 is 12.4 Å². The normalized spacial score (nSPS) is 22.4. The lowest BCUT2D eigenvalue weighted by Gasteiger charge is -2.38. The number of amides is 2. The Kier molecular flexibility index (Phi) is 8.58. The van der Waals surface area contributed by atoms with Gasteiger partial charge in [0.25, 0.3) is 0 Å². The average Bonchev–Trinajstić information content (AvgIpc) is 2.72.